The molecular weight excluding hydrogens is 525 g/mol. The zero-order chi connectivity index (χ0) is 28.3. The Hall–Kier alpha value is -4.26. The number of halogens is 3. The molecule has 0 aromatic carbocycles. The Kier molecular flexibility index (Phi) is 7.83. The normalized spacial score (nSPS) is 19.0. The first-order valence-corrected chi connectivity index (χ1v) is 12.8. The minimum atomic E-state index is -2.53. The van der Waals surface area contributed by atoms with Gasteiger partial charge in [-0.1, -0.05) is 0 Å². The van der Waals surface area contributed by atoms with Gasteiger partial charge in [-0.15, -0.1) is 0 Å². The Balaban J connectivity index is 1.44. The molecule has 1 fully saturated rings. The van der Waals surface area contributed by atoms with Crippen LogP contribution in [0.25, 0.3) is 22.6 Å². The van der Waals surface area contributed by atoms with Crippen molar-refractivity contribution < 1.29 is 23.0 Å². The molecule has 0 amide bonds. The maximum Gasteiger partial charge on any atom is 0.257 e. The van der Waals surface area contributed by atoms with E-state index in [4.69, 9.17) is 4.74 Å². The van der Waals surface area contributed by atoms with Gasteiger partial charge >= 0.3 is 0 Å². The number of pyridine rings is 2. The molecule has 4 heterocycles. The topological polar surface area (TPSA) is 123 Å². The predicted octanol–water partition coefficient (Wildman–Crippen LogP) is 5.06. The Labute approximate surface area is 228 Å². The third-order valence-electron chi connectivity index (χ3n) is 6.77. The van der Waals surface area contributed by atoms with E-state index in [0.717, 1.165) is 17.5 Å². The zero-order valence-electron chi connectivity index (χ0n) is 22.0. The molecule has 10 nitrogen and oxygen atoms in total. The fourth-order valence-electron chi connectivity index (χ4n) is 4.67. The molecule has 0 atom stereocenters. The molecule has 0 radical (unpaired) electrons. The minimum Gasteiger partial charge on any atom is -0.491 e. The summed E-state index contributed by atoms with van der Waals surface area (Å²) in [5.74, 6) is 0.645. The molecule has 1 aliphatic carbocycles. The molecular formula is C27H29F3N8O2. The number of alkyl halides is 2. The van der Waals surface area contributed by atoms with Gasteiger partial charge in [-0.2, -0.15) is 5.10 Å². The maximum atomic E-state index is 14.5. The fraction of sp³-hybridized carbons (Fsp3) is 0.370. The van der Waals surface area contributed by atoms with Crippen LogP contribution in [0.5, 0.6) is 5.75 Å². The van der Waals surface area contributed by atoms with Gasteiger partial charge < -0.3 is 20.5 Å². The average Bonchev–Trinajstić information content (AvgIpc) is 3.38. The van der Waals surface area contributed by atoms with Crippen molar-refractivity contribution in [3.63, 3.8) is 0 Å². The third kappa shape index (κ3) is 6.30. The number of anilines is 3. The lowest BCUT2D eigenvalue weighted by atomic mass is 9.83. The number of nitrogens with zero attached hydrogens (tertiary/aromatic N) is 6. The molecule has 4 aromatic rings. The van der Waals surface area contributed by atoms with E-state index in [0.29, 0.717) is 52.8 Å². The van der Waals surface area contributed by atoms with Crippen LogP contribution >= 0.6 is 0 Å². The number of hydrogen-bond donors (Lipinski definition) is 3. The number of methoxy groups -OCH3 is 1. The Morgan fingerprint density at radius 1 is 1.12 bits per heavy atom. The fourth-order valence-corrected chi connectivity index (χ4v) is 4.67. The molecule has 0 spiro atoms. The van der Waals surface area contributed by atoms with Crippen LogP contribution < -0.4 is 15.4 Å². The lowest BCUT2D eigenvalue weighted by molar-refractivity contribution is 0.0196. The zero-order valence-corrected chi connectivity index (χ0v) is 22.0. The van der Waals surface area contributed by atoms with Gasteiger partial charge in [-0.25, -0.2) is 28.1 Å². The number of nitrogens with one attached hydrogen (secondary N) is 2. The highest BCUT2D eigenvalue weighted by Crippen LogP contribution is 2.38. The first-order chi connectivity index (χ1) is 19.2. The molecule has 0 bridgehead atoms. The van der Waals surface area contributed by atoms with E-state index in [2.05, 4.69) is 35.7 Å². The van der Waals surface area contributed by atoms with Crippen LogP contribution in [0, 0.1) is 5.82 Å². The predicted molar refractivity (Wildman–Crippen MR) is 143 cm³/mol. The lowest BCUT2D eigenvalue weighted by Crippen LogP contribution is -2.35. The second-order valence-electron chi connectivity index (χ2n) is 9.94. The molecule has 4 aromatic heterocycles. The first-order valence-electron chi connectivity index (χ1n) is 12.8. The van der Waals surface area contributed by atoms with Gasteiger partial charge in [0.1, 0.15) is 23.9 Å². The van der Waals surface area contributed by atoms with E-state index in [-0.39, 0.29) is 11.8 Å². The van der Waals surface area contributed by atoms with Crippen molar-refractivity contribution in [1.29, 1.82) is 0 Å². The highest BCUT2D eigenvalue weighted by atomic mass is 19.3. The van der Waals surface area contributed by atoms with E-state index >= 15 is 0 Å². The van der Waals surface area contributed by atoms with Crippen LogP contribution in [0.15, 0.2) is 49.2 Å². The molecule has 1 saturated carbocycles. The number of ether oxygens (including phenoxy) is 1. The van der Waals surface area contributed by atoms with Gasteiger partial charge in [0.2, 0.25) is 0 Å². The Morgan fingerprint density at radius 2 is 1.90 bits per heavy atom. The molecule has 1 aliphatic rings. The van der Waals surface area contributed by atoms with Crippen molar-refractivity contribution in [2.24, 2.45) is 0 Å². The van der Waals surface area contributed by atoms with Crippen molar-refractivity contribution in [3.05, 3.63) is 55.0 Å². The van der Waals surface area contributed by atoms with Crippen molar-refractivity contribution >= 4 is 17.3 Å². The summed E-state index contributed by atoms with van der Waals surface area (Å²) >= 11 is 0. The van der Waals surface area contributed by atoms with E-state index in [9.17, 15) is 18.3 Å². The van der Waals surface area contributed by atoms with Gasteiger partial charge in [0, 0.05) is 48.1 Å². The summed E-state index contributed by atoms with van der Waals surface area (Å²) in [4.78, 5) is 17.6. The van der Waals surface area contributed by atoms with E-state index in [1.165, 1.54) is 38.0 Å². The van der Waals surface area contributed by atoms with Crippen molar-refractivity contribution in [2.75, 3.05) is 17.7 Å². The molecule has 5 rings (SSSR count). The molecule has 3 N–H and O–H groups in total. The first kappa shape index (κ1) is 27.3. The molecule has 0 aliphatic heterocycles. The lowest BCUT2D eigenvalue weighted by Gasteiger charge is -2.34. The number of aromatic nitrogens is 6. The maximum absolute atomic E-state index is 14.5. The van der Waals surface area contributed by atoms with Gasteiger partial charge in [-0.05, 0) is 44.7 Å². The summed E-state index contributed by atoms with van der Waals surface area (Å²) in [6, 6.07) is 4.72. The molecule has 0 saturated heterocycles. The SMILES string of the molecule is COc1c(F)ccnc1-c1cnc(Nc2ccnc(-c3cnn(CC(F)F)c3)n2)cc1NC1CCC(C)(O)CC1. The van der Waals surface area contributed by atoms with Crippen LogP contribution in [0.2, 0.25) is 0 Å². The second kappa shape index (κ2) is 11.5. The van der Waals surface area contributed by atoms with Gasteiger partial charge in [0.15, 0.2) is 17.4 Å². The van der Waals surface area contributed by atoms with Crippen LogP contribution in [-0.2, 0) is 6.54 Å². The van der Waals surface area contributed by atoms with Crippen LogP contribution in [0.1, 0.15) is 32.6 Å². The van der Waals surface area contributed by atoms with Crippen LogP contribution in [-0.4, -0.2) is 60.0 Å². The minimum absolute atomic E-state index is 0.00691. The monoisotopic (exact) mass is 554 g/mol. The smallest absolute Gasteiger partial charge is 0.257 e. The summed E-state index contributed by atoms with van der Waals surface area (Å²) in [7, 11) is 1.38. The van der Waals surface area contributed by atoms with Crippen LogP contribution in [0.3, 0.4) is 0 Å². The summed E-state index contributed by atoms with van der Waals surface area (Å²) in [6.45, 7) is 1.32. The summed E-state index contributed by atoms with van der Waals surface area (Å²) in [6.07, 6.45) is 7.64. The Bertz CT molecular complexity index is 1470. The van der Waals surface area contributed by atoms with Gasteiger partial charge in [-0.3, -0.25) is 9.67 Å². The number of aliphatic hydroxyl groups is 1. The van der Waals surface area contributed by atoms with Crippen molar-refractivity contribution in [2.45, 2.75) is 57.2 Å². The molecule has 0 unspecified atom stereocenters. The quantitative estimate of drug-likeness (QED) is 0.261. The van der Waals surface area contributed by atoms with E-state index in [1.54, 1.807) is 18.3 Å². The van der Waals surface area contributed by atoms with E-state index in [1.807, 2.05) is 6.92 Å². The third-order valence-corrected chi connectivity index (χ3v) is 6.77. The standard InChI is InChI=1S/C27H29F3N8O2/c1-27(39)7-3-17(4-8-27)35-20-11-23(33-13-18(20)24-25(40-2)19(28)5-9-31-24)36-22-6-10-32-26(37-22)16-12-34-38(14-16)15-21(29)30/h5-6,9-14,17,21,39H,3-4,7-8,15H2,1-2H3,(H2,32,33,35,36,37). The number of hydrogen-bond acceptors (Lipinski definition) is 9. The highest BCUT2D eigenvalue weighted by Gasteiger charge is 2.29. The largest absolute Gasteiger partial charge is 0.491 e. The van der Waals surface area contributed by atoms with Crippen molar-refractivity contribution in [1.82, 2.24) is 29.7 Å². The Morgan fingerprint density at radius 3 is 2.65 bits per heavy atom. The van der Waals surface area contributed by atoms with Gasteiger partial charge in [0.25, 0.3) is 6.43 Å². The number of rotatable bonds is 9. The second-order valence-corrected chi connectivity index (χ2v) is 9.94. The summed E-state index contributed by atoms with van der Waals surface area (Å²) in [5.41, 5.74) is 1.31. The van der Waals surface area contributed by atoms with E-state index < -0.39 is 24.4 Å². The average molecular weight is 555 g/mol. The van der Waals surface area contributed by atoms with Crippen molar-refractivity contribution in [3.8, 4) is 28.4 Å². The summed E-state index contributed by atoms with van der Waals surface area (Å²) in [5, 5.41) is 21.0. The molecule has 210 valence electrons. The van der Waals surface area contributed by atoms with Crippen LogP contribution in [0.4, 0.5) is 30.5 Å². The molecule has 13 heteroatoms. The van der Waals surface area contributed by atoms with Gasteiger partial charge in [0.05, 0.1) is 24.5 Å². The molecule has 40 heavy (non-hydrogen) atoms. The highest BCUT2D eigenvalue weighted by molar-refractivity contribution is 5.81. The summed E-state index contributed by atoms with van der Waals surface area (Å²) < 4.78 is 46.4.